The van der Waals surface area contributed by atoms with E-state index in [4.69, 9.17) is 11.6 Å². The van der Waals surface area contributed by atoms with Crippen molar-refractivity contribution in [3.05, 3.63) is 34.9 Å². The molecule has 2 nitrogen and oxygen atoms in total. The van der Waals surface area contributed by atoms with E-state index >= 15 is 0 Å². The fourth-order valence-electron chi connectivity index (χ4n) is 2.68. The Labute approximate surface area is 115 Å². The Kier molecular flexibility index (Phi) is 5.04. The van der Waals surface area contributed by atoms with Gasteiger partial charge in [0.05, 0.1) is 0 Å². The van der Waals surface area contributed by atoms with Crippen LogP contribution in [-0.2, 0) is 6.54 Å². The minimum atomic E-state index is 0.617. The number of likely N-dealkylation sites (N-methyl/N-ethyl adjacent to an activating group) is 1. The fourth-order valence-corrected chi connectivity index (χ4v) is 2.87. The van der Waals surface area contributed by atoms with E-state index < -0.39 is 0 Å². The third kappa shape index (κ3) is 3.71. The number of benzene rings is 1. The van der Waals surface area contributed by atoms with Gasteiger partial charge >= 0.3 is 0 Å². The molecule has 3 heteroatoms. The van der Waals surface area contributed by atoms with Gasteiger partial charge in [-0.25, -0.2) is 0 Å². The predicted molar refractivity (Wildman–Crippen MR) is 78.0 cm³/mol. The van der Waals surface area contributed by atoms with Crippen LogP contribution in [0.25, 0.3) is 0 Å². The first-order valence-electron chi connectivity index (χ1n) is 6.82. The average molecular weight is 267 g/mol. The summed E-state index contributed by atoms with van der Waals surface area (Å²) in [5.41, 5.74) is 1.21. The van der Waals surface area contributed by atoms with E-state index in [1.165, 1.54) is 18.4 Å². The third-order valence-electron chi connectivity index (χ3n) is 3.84. The normalized spacial score (nSPS) is 24.4. The van der Waals surface area contributed by atoms with Crippen LogP contribution in [0.15, 0.2) is 24.3 Å². The number of rotatable bonds is 4. The Hall–Kier alpha value is -0.570. The number of piperidine rings is 1. The van der Waals surface area contributed by atoms with Crippen LogP contribution in [0.1, 0.15) is 25.3 Å². The highest BCUT2D eigenvalue weighted by Gasteiger charge is 2.21. The molecule has 1 N–H and O–H groups in total. The predicted octanol–water partition coefficient (Wildman–Crippen LogP) is 3.16. The maximum atomic E-state index is 6.20. The van der Waals surface area contributed by atoms with Crippen LogP contribution in [0.4, 0.5) is 0 Å². The van der Waals surface area contributed by atoms with Crippen molar-refractivity contribution in [3.63, 3.8) is 0 Å². The van der Waals surface area contributed by atoms with E-state index in [0.717, 1.165) is 30.6 Å². The van der Waals surface area contributed by atoms with Gasteiger partial charge in [-0.2, -0.15) is 0 Å². The molecule has 0 amide bonds. The lowest BCUT2D eigenvalue weighted by atomic mass is 9.92. The summed E-state index contributed by atoms with van der Waals surface area (Å²) in [6.07, 6.45) is 2.66. The molecule has 1 aromatic carbocycles. The molecule has 100 valence electrons. The van der Waals surface area contributed by atoms with E-state index in [1.807, 2.05) is 12.1 Å². The zero-order valence-corrected chi connectivity index (χ0v) is 12.1. The molecule has 1 fully saturated rings. The molecule has 18 heavy (non-hydrogen) atoms. The Balaban J connectivity index is 1.88. The molecule has 1 saturated heterocycles. The summed E-state index contributed by atoms with van der Waals surface area (Å²) in [5, 5.41) is 4.49. The van der Waals surface area contributed by atoms with Crippen LogP contribution in [-0.4, -0.2) is 31.1 Å². The summed E-state index contributed by atoms with van der Waals surface area (Å²) >= 11 is 6.20. The monoisotopic (exact) mass is 266 g/mol. The van der Waals surface area contributed by atoms with E-state index in [1.54, 1.807) is 0 Å². The highest BCUT2D eigenvalue weighted by molar-refractivity contribution is 6.31. The van der Waals surface area contributed by atoms with Gasteiger partial charge in [-0.3, -0.25) is 0 Å². The molecule has 1 heterocycles. The van der Waals surface area contributed by atoms with Crippen LogP contribution in [0.3, 0.4) is 0 Å². The van der Waals surface area contributed by atoms with Crippen LogP contribution >= 0.6 is 11.6 Å². The van der Waals surface area contributed by atoms with Gasteiger partial charge in [-0.15, -0.1) is 0 Å². The van der Waals surface area contributed by atoms with Crippen molar-refractivity contribution in [1.29, 1.82) is 0 Å². The number of nitrogens with zero attached hydrogens (tertiary/aromatic N) is 1. The van der Waals surface area contributed by atoms with Crippen molar-refractivity contribution >= 4 is 11.6 Å². The average Bonchev–Trinajstić information content (AvgIpc) is 2.35. The molecule has 1 aromatic rings. The lowest BCUT2D eigenvalue weighted by Crippen LogP contribution is -2.46. The molecule has 0 aromatic heterocycles. The smallest absolute Gasteiger partial charge is 0.0451 e. The molecule has 1 aliphatic rings. The van der Waals surface area contributed by atoms with Crippen molar-refractivity contribution in [2.45, 2.75) is 32.4 Å². The molecular weight excluding hydrogens is 244 g/mol. The highest BCUT2D eigenvalue weighted by atomic mass is 35.5. The second-order valence-electron chi connectivity index (χ2n) is 5.47. The van der Waals surface area contributed by atoms with Gasteiger partial charge in [0, 0.05) is 24.2 Å². The van der Waals surface area contributed by atoms with E-state index in [-0.39, 0.29) is 0 Å². The first-order valence-corrected chi connectivity index (χ1v) is 7.20. The maximum Gasteiger partial charge on any atom is 0.0451 e. The van der Waals surface area contributed by atoms with E-state index in [2.05, 4.69) is 36.3 Å². The van der Waals surface area contributed by atoms with Crippen molar-refractivity contribution in [3.8, 4) is 0 Å². The summed E-state index contributed by atoms with van der Waals surface area (Å²) in [5.74, 6) is 0.771. The van der Waals surface area contributed by atoms with Gasteiger partial charge in [0.15, 0.2) is 0 Å². The van der Waals surface area contributed by atoms with Crippen LogP contribution in [0.5, 0.6) is 0 Å². The summed E-state index contributed by atoms with van der Waals surface area (Å²) in [6, 6.07) is 8.72. The molecule has 2 rings (SSSR count). The molecule has 0 radical (unpaired) electrons. The maximum absolute atomic E-state index is 6.20. The Morgan fingerprint density at radius 2 is 2.17 bits per heavy atom. The molecule has 0 bridgehead atoms. The number of halogens is 1. The fraction of sp³-hybridized carbons (Fsp3) is 0.600. The van der Waals surface area contributed by atoms with Crippen molar-refractivity contribution in [1.82, 2.24) is 10.2 Å². The Morgan fingerprint density at radius 3 is 2.89 bits per heavy atom. The molecule has 2 unspecified atom stereocenters. The molecular formula is C15H23ClN2. The quantitative estimate of drug-likeness (QED) is 0.901. The minimum absolute atomic E-state index is 0.617. The zero-order chi connectivity index (χ0) is 13.0. The van der Waals surface area contributed by atoms with Gasteiger partial charge in [0.25, 0.3) is 0 Å². The number of hydrogen-bond donors (Lipinski definition) is 1. The minimum Gasteiger partial charge on any atom is -0.312 e. The first-order chi connectivity index (χ1) is 8.66. The van der Waals surface area contributed by atoms with Gasteiger partial charge in [0.2, 0.25) is 0 Å². The summed E-state index contributed by atoms with van der Waals surface area (Å²) in [4.78, 5) is 2.36. The number of hydrogen-bond acceptors (Lipinski definition) is 2. The first kappa shape index (κ1) is 13.9. The standard InChI is InChI=1S/C15H23ClN2/c1-12-6-5-9-17-15(12)11-18(2)10-13-7-3-4-8-14(13)16/h3-4,7-8,12,15,17H,5-6,9-11H2,1-2H3. The summed E-state index contributed by atoms with van der Waals surface area (Å²) in [7, 11) is 2.17. The second-order valence-corrected chi connectivity index (χ2v) is 5.88. The third-order valence-corrected chi connectivity index (χ3v) is 4.20. The molecule has 0 saturated carbocycles. The zero-order valence-electron chi connectivity index (χ0n) is 11.3. The van der Waals surface area contributed by atoms with Gasteiger partial charge in [0.1, 0.15) is 0 Å². The SMILES string of the molecule is CC1CCCNC1CN(C)Cc1ccccc1Cl. The van der Waals surface area contributed by atoms with E-state index in [9.17, 15) is 0 Å². The van der Waals surface area contributed by atoms with Crippen molar-refractivity contribution in [2.75, 3.05) is 20.1 Å². The van der Waals surface area contributed by atoms with Gasteiger partial charge in [-0.1, -0.05) is 36.7 Å². The van der Waals surface area contributed by atoms with Gasteiger partial charge < -0.3 is 10.2 Å². The van der Waals surface area contributed by atoms with Crippen LogP contribution in [0.2, 0.25) is 5.02 Å². The lowest BCUT2D eigenvalue weighted by Gasteiger charge is -2.33. The topological polar surface area (TPSA) is 15.3 Å². The summed E-state index contributed by atoms with van der Waals surface area (Å²) in [6.45, 7) is 5.52. The number of nitrogens with one attached hydrogen (secondary N) is 1. The Morgan fingerprint density at radius 1 is 1.39 bits per heavy atom. The molecule has 0 spiro atoms. The van der Waals surface area contributed by atoms with Crippen LogP contribution in [0, 0.1) is 5.92 Å². The molecule has 2 atom stereocenters. The molecule has 1 aliphatic heterocycles. The largest absolute Gasteiger partial charge is 0.312 e. The van der Waals surface area contributed by atoms with Crippen molar-refractivity contribution < 1.29 is 0 Å². The van der Waals surface area contributed by atoms with Gasteiger partial charge in [-0.05, 0) is 44.0 Å². The molecule has 0 aliphatic carbocycles. The second kappa shape index (κ2) is 6.55. The van der Waals surface area contributed by atoms with E-state index in [0.29, 0.717) is 6.04 Å². The lowest BCUT2D eigenvalue weighted by molar-refractivity contribution is 0.212. The van der Waals surface area contributed by atoms with Crippen molar-refractivity contribution in [2.24, 2.45) is 5.92 Å². The Bertz CT molecular complexity index is 381. The highest BCUT2D eigenvalue weighted by Crippen LogP contribution is 2.19. The van der Waals surface area contributed by atoms with Crippen LogP contribution < -0.4 is 5.32 Å². The summed E-state index contributed by atoms with van der Waals surface area (Å²) < 4.78 is 0.